The third-order valence-electron chi connectivity index (χ3n) is 3.41. The van der Waals surface area contributed by atoms with Crippen molar-refractivity contribution in [3.8, 4) is 5.75 Å². The summed E-state index contributed by atoms with van der Waals surface area (Å²) in [5, 5.41) is 14.2. The predicted molar refractivity (Wildman–Crippen MR) is 82.9 cm³/mol. The van der Waals surface area contributed by atoms with E-state index in [4.69, 9.17) is 4.74 Å². The highest BCUT2D eigenvalue weighted by molar-refractivity contribution is 5.57. The number of non-ortho nitro benzene ring substituents is 1. The molecule has 0 fully saturated rings. The number of para-hydroxylation sites is 1. The van der Waals surface area contributed by atoms with E-state index in [1.807, 2.05) is 32.0 Å². The number of nitro groups is 1. The van der Waals surface area contributed by atoms with Gasteiger partial charge in [-0.15, -0.1) is 0 Å². The van der Waals surface area contributed by atoms with Gasteiger partial charge in [0.05, 0.1) is 12.0 Å². The Balaban J connectivity index is 2.26. The van der Waals surface area contributed by atoms with Crippen LogP contribution in [0.1, 0.15) is 16.7 Å². The quantitative estimate of drug-likeness (QED) is 0.670. The summed E-state index contributed by atoms with van der Waals surface area (Å²) in [6, 6.07) is 10.7. The number of ether oxygens (including phenoxy) is 1. The lowest BCUT2D eigenvalue weighted by Gasteiger charge is -2.14. The Morgan fingerprint density at radius 2 is 1.86 bits per heavy atom. The Morgan fingerprint density at radius 1 is 1.19 bits per heavy atom. The van der Waals surface area contributed by atoms with Crippen LogP contribution in [0.3, 0.4) is 0 Å². The lowest BCUT2D eigenvalue weighted by Crippen LogP contribution is -2.05. The Morgan fingerprint density at radius 3 is 2.43 bits per heavy atom. The fourth-order valence-corrected chi connectivity index (χ4v) is 2.29. The van der Waals surface area contributed by atoms with E-state index < -0.39 is 4.92 Å². The van der Waals surface area contributed by atoms with Crippen LogP contribution in [0.2, 0.25) is 0 Å². The van der Waals surface area contributed by atoms with E-state index in [-0.39, 0.29) is 5.69 Å². The maximum Gasteiger partial charge on any atom is 0.270 e. The van der Waals surface area contributed by atoms with E-state index in [1.165, 1.54) is 6.07 Å². The summed E-state index contributed by atoms with van der Waals surface area (Å²) in [4.78, 5) is 10.5. The van der Waals surface area contributed by atoms with Gasteiger partial charge in [-0.05, 0) is 31.0 Å². The molecular weight excluding hydrogens is 268 g/mol. The van der Waals surface area contributed by atoms with E-state index in [0.29, 0.717) is 12.3 Å². The number of methoxy groups -OCH3 is 1. The van der Waals surface area contributed by atoms with Crippen molar-refractivity contribution >= 4 is 11.4 Å². The summed E-state index contributed by atoms with van der Waals surface area (Å²) in [6.45, 7) is 4.52. The average molecular weight is 286 g/mol. The zero-order chi connectivity index (χ0) is 15.4. The second-order valence-electron chi connectivity index (χ2n) is 4.87. The predicted octanol–water partition coefficient (Wildman–Crippen LogP) is 3.83. The molecule has 0 atom stereocenters. The van der Waals surface area contributed by atoms with Crippen LogP contribution in [0.5, 0.6) is 5.75 Å². The first-order valence-electron chi connectivity index (χ1n) is 6.64. The molecule has 2 rings (SSSR count). The van der Waals surface area contributed by atoms with Crippen LogP contribution in [0, 0.1) is 24.0 Å². The van der Waals surface area contributed by atoms with Crippen LogP contribution in [-0.2, 0) is 6.54 Å². The normalized spacial score (nSPS) is 10.2. The molecular formula is C16H18N2O3. The van der Waals surface area contributed by atoms with Gasteiger partial charge in [-0.25, -0.2) is 0 Å². The van der Waals surface area contributed by atoms with Crippen LogP contribution in [0.15, 0.2) is 36.4 Å². The Labute approximate surface area is 123 Å². The van der Waals surface area contributed by atoms with E-state index in [1.54, 1.807) is 19.2 Å². The maximum atomic E-state index is 10.9. The first kappa shape index (κ1) is 14.8. The topological polar surface area (TPSA) is 64.4 Å². The lowest BCUT2D eigenvalue weighted by atomic mass is 10.1. The fourth-order valence-electron chi connectivity index (χ4n) is 2.29. The fraction of sp³-hybridized carbons (Fsp3) is 0.250. The van der Waals surface area contributed by atoms with Crippen molar-refractivity contribution < 1.29 is 9.66 Å². The molecule has 5 heteroatoms. The molecule has 0 saturated heterocycles. The minimum absolute atomic E-state index is 0.0640. The highest BCUT2D eigenvalue weighted by Gasteiger charge is 2.12. The van der Waals surface area contributed by atoms with Gasteiger partial charge in [0.2, 0.25) is 0 Å². The molecule has 110 valence electrons. The van der Waals surface area contributed by atoms with Crippen LogP contribution >= 0.6 is 0 Å². The summed E-state index contributed by atoms with van der Waals surface area (Å²) in [5.74, 6) is 0.638. The molecule has 5 nitrogen and oxygen atoms in total. The van der Waals surface area contributed by atoms with E-state index in [0.717, 1.165) is 22.4 Å². The molecule has 0 radical (unpaired) electrons. The largest absolute Gasteiger partial charge is 0.496 e. The average Bonchev–Trinajstić information content (AvgIpc) is 2.46. The summed E-state index contributed by atoms with van der Waals surface area (Å²) >= 11 is 0. The standard InChI is InChI=1S/C16H18N2O3/c1-11-5-4-6-12(2)16(11)17-10-13-9-14(18(19)20)7-8-15(13)21-3/h4-9,17H,10H2,1-3H3. The van der Waals surface area contributed by atoms with Crippen LogP contribution in [0.4, 0.5) is 11.4 Å². The van der Waals surface area contributed by atoms with Gasteiger partial charge in [-0.1, -0.05) is 18.2 Å². The van der Waals surface area contributed by atoms with Gasteiger partial charge in [-0.3, -0.25) is 10.1 Å². The molecule has 0 heterocycles. The molecule has 2 aromatic carbocycles. The number of nitrogens with one attached hydrogen (secondary N) is 1. The van der Waals surface area contributed by atoms with E-state index in [2.05, 4.69) is 5.32 Å². The number of hydrogen-bond acceptors (Lipinski definition) is 4. The molecule has 0 aliphatic rings. The number of anilines is 1. The SMILES string of the molecule is COc1ccc([N+](=O)[O-])cc1CNc1c(C)cccc1C. The van der Waals surface area contributed by atoms with Crippen LogP contribution in [0.25, 0.3) is 0 Å². The Kier molecular flexibility index (Phi) is 4.42. The second-order valence-corrected chi connectivity index (χ2v) is 4.87. The van der Waals surface area contributed by atoms with Gasteiger partial charge < -0.3 is 10.1 Å². The number of rotatable bonds is 5. The maximum absolute atomic E-state index is 10.9. The highest BCUT2D eigenvalue weighted by Crippen LogP contribution is 2.26. The van der Waals surface area contributed by atoms with Crippen molar-refractivity contribution in [2.45, 2.75) is 20.4 Å². The third kappa shape index (κ3) is 3.31. The van der Waals surface area contributed by atoms with Gasteiger partial charge in [0.15, 0.2) is 0 Å². The molecule has 0 aromatic heterocycles. The molecule has 0 unspecified atom stereocenters. The van der Waals surface area contributed by atoms with Gasteiger partial charge in [-0.2, -0.15) is 0 Å². The first-order valence-corrected chi connectivity index (χ1v) is 6.64. The molecule has 0 aliphatic carbocycles. The summed E-state index contributed by atoms with van der Waals surface area (Å²) in [6.07, 6.45) is 0. The minimum atomic E-state index is -0.401. The van der Waals surface area contributed by atoms with Crippen molar-refractivity contribution in [3.05, 3.63) is 63.2 Å². The third-order valence-corrected chi connectivity index (χ3v) is 3.41. The number of hydrogen-bond donors (Lipinski definition) is 1. The molecule has 0 saturated carbocycles. The molecule has 2 aromatic rings. The van der Waals surface area contributed by atoms with Crippen LogP contribution in [-0.4, -0.2) is 12.0 Å². The van der Waals surface area contributed by atoms with Gasteiger partial charge >= 0.3 is 0 Å². The lowest BCUT2D eigenvalue weighted by molar-refractivity contribution is -0.384. The van der Waals surface area contributed by atoms with Gasteiger partial charge in [0.25, 0.3) is 5.69 Å². The summed E-state index contributed by atoms with van der Waals surface area (Å²) in [7, 11) is 1.56. The van der Waals surface area contributed by atoms with Crippen molar-refractivity contribution in [2.75, 3.05) is 12.4 Å². The molecule has 0 spiro atoms. The van der Waals surface area contributed by atoms with Crippen molar-refractivity contribution in [1.29, 1.82) is 0 Å². The smallest absolute Gasteiger partial charge is 0.270 e. The molecule has 1 N–H and O–H groups in total. The zero-order valence-electron chi connectivity index (χ0n) is 12.3. The van der Waals surface area contributed by atoms with Gasteiger partial charge in [0, 0.05) is 29.9 Å². The number of nitro benzene ring substituents is 1. The first-order chi connectivity index (χ1) is 10.0. The molecule has 0 aliphatic heterocycles. The molecule has 0 bridgehead atoms. The minimum Gasteiger partial charge on any atom is -0.496 e. The molecule has 21 heavy (non-hydrogen) atoms. The number of aryl methyl sites for hydroxylation is 2. The second kappa shape index (κ2) is 6.26. The number of nitrogens with zero attached hydrogens (tertiary/aromatic N) is 1. The van der Waals surface area contributed by atoms with Crippen LogP contribution < -0.4 is 10.1 Å². The van der Waals surface area contributed by atoms with Crippen molar-refractivity contribution in [3.63, 3.8) is 0 Å². The van der Waals surface area contributed by atoms with Gasteiger partial charge in [0.1, 0.15) is 5.75 Å². The van der Waals surface area contributed by atoms with E-state index in [9.17, 15) is 10.1 Å². The van der Waals surface area contributed by atoms with Crippen molar-refractivity contribution in [1.82, 2.24) is 0 Å². The molecule has 0 amide bonds. The Bertz CT molecular complexity index is 648. The monoisotopic (exact) mass is 286 g/mol. The highest BCUT2D eigenvalue weighted by atomic mass is 16.6. The van der Waals surface area contributed by atoms with Crippen molar-refractivity contribution in [2.24, 2.45) is 0 Å². The Hall–Kier alpha value is -2.56. The number of benzene rings is 2. The zero-order valence-corrected chi connectivity index (χ0v) is 12.3. The summed E-state index contributed by atoms with van der Waals surface area (Å²) < 4.78 is 5.27. The summed E-state index contributed by atoms with van der Waals surface area (Å²) in [5.41, 5.74) is 4.15. The van der Waals surface area contributed by atoms with E-state index >= 15 is 0 Å².